The van der Waals surface area contributed by atoms with Gasteiger partial charge in [-0.25, -0.2) is 0 Å². The van der Waals surface area contributed by atoms with Gasteiger partial charge in [-0.1, -0.05) is 19.1 Å². The molecule has 1 aromatic rings. The molecule has 1 nitrogen and oxygen atoms in total. The normalized spacial score (nSPS) is 24.9. The molecule has 2 rings (SSSR count). The van der Waals surface area contributed by atoms with E-state index in [0.717, 1.165) is 11.8 Å². The number of fused-ring (bicyclic) bond motifs is 1. The number of rotatable bonds is 3. The van der Waals surface area contributed by atoms with Crippen molar-refractivity contribution in [1.82, 2.24) is 5.32 Å². The Morgan fingerprint density at radius 1 is 1.67 bits per heavy atom. The molecular formula is C12H17NS2. The lowest BCUT2D eigenvalue weighted by Crippen LogP contribution is -2.27. The van der Waals surface area contributed by atoms with Gasteiger partial charge in [-0.2, -0.15) is 0 Å². The molecular weight excluding hydrogens is 222 g/mol. The Labute approximate surface area is 100.0 Å². The summed E-state index contributed by atoms with van der Waals surface area (Å²) in [6.07, 6.45) is 1.22. The van der Waals surface area contributed by atoms with E-state index in [4.69, 9.17) is 0 Å². The highest BCUT2D eigenvalue weighted by atomic mass is 32.2. The Kier molecular flexibility index (Phi) is 3.54. The third-order valence-electron chi connectivity index (χ3n) is 2.56. The Morgan fingerprint density at radius 3 is 3.20 bits per heavy atom. The second kappa shape index (κ2) is 4.73. The summed E-state index contributed by atoms with van der Waals surface area (Å²) >= 11 is 3.88. The van der Waals surface area contributed by atoms with Crippen LogP contribution in [0.3, 0.4) is 0 Å². The van der Waals surface area contributed by atoms with E-state index in [1.54, 1.807) is 0 Å². The standard InChI is InChI=1S/C12H17NS2/c1-8(2)7-13-11-6-9(3)15-12-10(11)4-5-14-12/h4-5,9,11,13H,1,6-7H2,2-3H3/t9-,11?/m0/s1. The Bertz CT molecular complexity index is 356. The van der Waals surface area contributed by atoms with Gasteiger partial charge in [0.25, 0.3) is 0 Å². The molecule has 1 N–H and O–H groups in total. The third kappa shape index (κ3) is 2.65. The molecule has 0 amide bonds. The van der Waals surface area contributed by atoms with Crippen LogP contribution in [0, 0.1) is 0 Å². The van der Waals surface area contributed by atoms with E-state index in [-0.39, 0.29) is 0 Å². The van der Waals surface area contributed by atoms with Crippen LogP contribution in [0.4, 0.5) is 0 Å². The van der Waals surface area contributed by atoms with Gasteiger partial charge in [0, 0.05) is 17.8 Å². The van der Waals surface area contributed by atoms with E-state index in [2.05, 4.69) is 37.2 Å². The summed E-state index contributed by atoms with van der Waals surface area (Å²) in [6, 6.07) is 2.79. The molecule has 0 aliphatic carbocycles. The molecule has 1 aliphatic heterocycles. The van der Waals surface area contributed by atoms with Crippen molar-refractivity contribution in [1.29, 1.82) is 0 Å². The van der Waals surface area contributed by atoms with Crippen molar-refractivity contribution in [3.05, 3.63) is 29.2 Å². The fraction of sp³-hybridized carbons (Fsp3) is 0.500. The molecule has 82 valence electrons. The predicted octanol–water partition coefficient (Wildman–Crippen LogP) is 3.84. The first kappa shape index (κ1) is 11.2. The number of thioether (sulfide) groups is 1. The van der Waals surface area contributed by atoms with E-state index in [0.29, 0.717) is 6.04 Å². The molecule has 3 heteroatoms. The minimum absolute atomic E-state index is 0.527. The van der Waals surface area contributed by atoms with Gasteiger partial charge in [-0.15, -0.1) is 23.1 Å². The monoisotopic (exact) mass is 239 g/mol. The molecule has 0 spiro atoms. The van der Waals surface area contributed by atoms with Gasteiger partial charge >= 0.3 is 0 Å². The summed E-state index contributed by atoms with van der Waals surface area (Å²) in [5.41, 5.74) is 2.70. The van der Waals surface area contributed by atoms with Crippen molar-refractivity contribution >= 4 is 23.1 Å². The summed E-state index contributed by atoms with van der Waals surface area (Å²) in [5, 5.41) is 6.51. The van der Waals surface area contributed by atoms with Crippen LogP contribution in [-0.4, -0.2) is 11.8 Å². The van der Waals surface area contributed by atoms with E-state index in [1.807, 2.05) is 23.1 Å². The zero-order valence-corrected chi connectivity index (χ0v) is 10.9. The first-order chi connectivity index (χ1) is 7.16. The molecule has 0 aromatic carbocycles. The fourth-order valence-corrected chi connectivity index (χ4v) is 4.41. The lowest BCUT2D eigenvalue weighted by atomic mass is 10.0. The summed E-state index contributed by atoms with van der Waals surface area (Å²) in [4.78, 5) is 0. The molecule has 0 bridgehead atoms. The lowest BCUT2D eigenvalue weighted by molar-refractivity contribution is 0.509. The summed E-state index contributed by atoms with van der Waals surface area (Å²) in [7, 11) is 0. The third-order valence-corrected chi connectivity index (χ3v) is 4.90. The molecule has 1 aromatic heterocycles. The van der Waals surface area contributed by atoms with Gasteiger partial charge in [0.1, 0.15) is 0 Å². The van der Waals surface area contributed by atoms with Gasteiger partial charge < -0.3 is 5.32 Å². The zero-order chi connectivity index (χ0) is 10.8. The van der Waals surface area contributed by atoms with Crippen LogP contribution in [0.5, 0.6) is 0 Å². The Morgan fingerprint density at radius 2 is 2.47 bits per heavy atom. The van der Waals surface area contributed by atoms with Crippen LogP contribution in [-0.2, 0) is 0 Å². The van der Waals surface area contributed by atoms with Crippen molar-refractivity contribution in [3.8, 4) is 0 Å². The van der Waals surface area contributed by atoms with Crippen molar-refractivity contribution in [2.45, 2.75) is 35.8 Å². The van der Waals surface area contributed by atoms with Gasteiger partial charge in [0.15, 0.2) is 0 Å². The van der Waals surface area contributed by atoms with Crippen LogP contribution < -0.4 is 5.32 Å². The average Bonchev–Trinajstić information content (AvgIpc) is 2.61. The molecule has 0 saturated carbocycles. The molecule has 1 unspecified atom stereocenters. The average molecular weight is 239 g/mol. The van der Waals surface area contributed by atoms with Crippen LogP contribution in [0.15, 0.2) is 27.8 Å². The summed E-state index contributed by atoms with van der Waals surface area (Å²) in [6.45, 7) is 9.25. The maximum absolute atomic E-state index is 3.94. The second-order valence-corrected chi connectivity index (χ2v) is 6.84. The van der Waals surface area contributed by atoms with Crippen molar-refractivity contribution in [2.24, 2.45) is 0 Å². The van der Waals surface area contributed by atoms with E-state index in [1.165, 1.54) is 21.8 Å². The smallest absolute Gasteiger partial charge is 0.0649 e. The van der Waals surface area contributed by atoms with Gasteiger partial charge in [-0.3, -0.25) is 0 Å². The van der Waals surface area contributed by atoms with Gasteiger partial charge in [0.2, 0.25) is 0 Å². The quantitative estimate of drug-likeness (QED) is 0.804. The molecule has 15 heavy (non-hydrogen) atoms. The minimum Gasteiger partial charge on any atom is -0.306 e. The predicted molar refractivity (Wildman–Crippen MR) is 69.8 cm³/mol. The first-order valence-corrected chi connectivity index (χ1v) is 7.04. The summed E-state index contributed by atoms with van der Waals surface area (Å²) in [5.74, 6) is 0. The molecule has 1 aliphatic rings. The number of hydrogen-bond donors (Lipinski definition) is 1. The van der Waals surface area contributed by atoms with E-state index >= 15 is 0 Å². The van der Waals surface area contributed by atoms with Crippen molar-refractivity contribution in [3.63, 3.8) is 0 Å². The zero-order valence-electron chi connectivity index (χ0n) is 9.25. The summed E-state index contributed by atoms with van der Waals surface area (Å²) < 4.78 is 1.49. The molecule has 2 atom stereocenters. The van der Waals surface area contributed by atoms with Crippen LogP contribution in [0.1, 0.15) is 31.9 Å². The van der Waals surface area contributed by atoms with Crippen LogP contribution in [0.2, 0.25) is 0 Å². The molecule has 0 radical (unpaired) electrons. The second-order valence-electron chi connectivity index (χ2n) is 4.22. The highest BCUT2D eigenvalue weighted by Crippen LogP contribution is 2.43. The maximum Gasteiger partial charge on any atom is 0.0649 e. The Balaban J connectivity index is 2.09. The SMILES string of the molecule is C=C(C)CNC1C[C@H](C)Sc2sccc21. The first-order valence-electron chi connectivity index (χ1n) is 5.28. The minimum atomic E-state index is 0.527. The maximum atomic E-state index is 3.94. The number of hydrogen-bond acceptors (Lipinski definition) is 3. The van der Waals surface area contributed by atoms with Crippen molar-refractivity contribution < 1.29 is 0 Å². The fourth-order valence-electron chi connectivity index (χ4n) is 1.84. The molecule has 0 fully saturated rings. The highest BCUT2D eigenvalue weighted by molar-refractivity contribution is 8.01. The number of nitrogens with one attached hydrogen (secondary N) is 1. The molecule has 2 heterocycles. The Hall–Kier alpha value is -0.250. The van der Waals surface area contributed by atoms with Gasteiger partial charge in [-0.05, 0) is 30.4 Å². The molecule has 0 saturated heterocycles. The largest absolute Gasteiger partial charge is 0.306 e. The van der Waals surface area contributed by atoms with Crippen LogP contribution >= 0.6 is 23.1 Å². The van der Waals surface area contributed by atoms with Gasteiger partial charge in [0.05, 0.1) is 4.21 Å². The van der Waals surface area contributed by atoms with Crippen molar-refractivity contribution in [2.75, 3.05) is 6.54 Å². The lowest BCUT2D eigenvalue weighted by Gasteiger charge is -2.27. The topological polar surface area (TPSA) is 12.0 Å². The van der Waals surface area contributed by atoms with E-state index < -0.39 is 0 Å². The van der Waals surface area contributed by atoms with E-state index in [9.17, 15) is 0 Å². The number of thiophene rings is 1. The highest BCUT2D eigenvalue weighted by Gasteiger charge is 2.25. The van der Waals surface area contributed by atoms with Crippen LogP contribution in [0.25, 0.3) is 0 Å².